The van der Waals surface area contributed by atoms with Crippen molar-refractivity contribution in [3.63, 3.8) is 0 Å². The van der Waals surface area contributed by atoms with Crippen LogP contribution in [0.4, 0.5) is 5.69 Å². The third-order valence-corrected chi connectivity index (χ3v) is 3.52. The summed E-state index contributed by atoms with van der Waals surface area (Å²) in [5.74, 6) is 1.20. The highest BCUT2D eigenvalue weighted by Crippen LogP contribution is 2.32. The third kappa shape index (κ3) is 2.39. The molecular weight excluding hydrogens is 264 g/mol. The Bertz CT molecular complexity index is 624. The van der Waals surface area contributed by atoms with Crippen molar-refractivity contribution in [2.45, 2.75) is 6.92 Å². The molecule has 19 heavy (non-hydrogen) atoms. The summed E-state index contributed by atoms with van der Waals surface area (Å²) < 4.78 is 15.0. The molecule has 2 heterocycles. The van der Waals surface area contributed by atoms with Crippen molar-refractivity contribution in [2.75, 3.05) is 18.5 Å². The minimum atomic E-state index is -0.164. The second kappa shape index (κ2) is 4.89. The van der Waals surface area contributed by atoms with Crippen LogP contribution in [0.1, 0.15) is 16.1 Å². The molecule has 0 radical (unpaired) electrons. The molecule has 1 aliphatic heterocycles. The van der Waals surface area contributed by atoms with Gasteiger partial charge in [-0.05, 0) is 30.6 Å². The fourth-order valence-electron chi connectivity index (χ4n) is 1.83. The number of aromatic nitrogens is 1. The van der Waals surface area contributed by atoms with Gasteiger partial charge >= 0.3 is 0 Å². The van der Waals surface area contributed by atoms with E-state index in [1.54, 1.807) is 23.6 Å². The highest BCUT2D eigenvalue weighted by molar-refractivity contribution is 7.04. The number of anilines is 1. The zero-order chi connectivity index (χ0) is 13.2. The average Bonchev–Trinajstić information content (AvgIpc) is 2.85. The molecule has 2 aromatic rings. The van der Waals surface area contributed by atoms with E-state index < -0.39 is 0 Å². The number of aryl methyl sites for hydroxylation is 1. The van der Waals surface area contributed by atoms with E-state index in [1.165, 1.54) is 11.5 Å². The number of carbonyl (C=O) groups excluding carboxylic acids is 1. The standard InChI is InChI=1S/C13H12N2O3S/c1-8-10(7-19-15-8)13(16)14-9-2-3-11-12(6-9)18-5-4-17-11/h2-3,6-7H,4-5H2,1H3,(H,14,16). The second-order valence-electron chi connectivity index (χ2n) is 4.13. The first-order valence-corrected chi connectivity index (χ1v) is 6.69. The monoisotopic (exact) mass is 276 g/mol. The van der Waals surface area contributed by atoms with Crippen LogP contribution in [-0.4, -0.2) is 23.5 Å². The van der Waals surface area contributed by atoms with Gasteiger partial charge in [-0.1, -0.05) is 0 Å². The molecule has 1 aromatic carbocycles. The number of fused-ring (bicyclic) bond motifs is 1. The maximum atomic E-state index is 12.0. The Morgan fingerprint density at radius 2 is 2.11 bits per heavy atom. The van der Waals surface area contributed by atoms with E-state index in [4.69, 9.17) is 9.47 Å². The molecule has 0 spiro atoms. The lowest BCUT2D eigenvalue weighted by atomic mass is 10.2. The molecule has 5 nitrogen and oxygen atoms in total. The summed E-state index contributed by atoms with van der Waals surface area (Å²) in [6, 6.07) is 5.35. The fourth-order valence-corrected chi connectivity index (χ4v) is 2.52. The molecule has 1 amide bonds. The summed E-state index contributed by atoms with van der Waals surface area (Å²) in [7, 11) is 0. The van der Waals surface area contributed by atoms with Gasteiger partial charge < -0.3 is 14.8 Å². The van der Waals surface area contributed by atoms with E-state index in [2.05, 4.69) is 9.69 Å². The van der Waals surface area contributed by atoms with Crippen LogP contribution < -0.4 is 14.8 Å². The summed E-state index contributed by atoms with van der Waals surface area (Å²) in [4.78, 5) is 12.0. The van der Waals surface area contributed by atoms with Crippen LogP contribution in [0.3, 0.4) is 0 Å². The Kier molecular flexibility index (Phi) is 3.08. The molecule has 0 fully saturated rings. The lowest BCUT2D eigenvalue weighted by Gasteiger charge is -2.18. The highest BCUT2D eigenvalue weighted by atomic mass is 32.1. The molecule has 3 rings (SSSR count). The van der Waals surface area contributed by atoms with Gasteiger partial charge in [0.05, 0.1) is 11.3 Å². The van der Waals surface area contributed by atoms with E-state index in [0.29, 0.717) is 36.0 Å². The first-order valence-electron chi connectivity index (χ1n) is 5.86. The first kappa shape index (κ1) is 12.0. The molecule has 1 aromatic heterocycles. The summed E-state index contributed by atoms with van der Waals surface area (Å²) in [6.45, 7) is 2.89. The van der Waals surface area contributed by atoms with Crippen molar-refractivity contribution >= 4 is 23.1 Å². The van der Waals surface area contributed by atoms with Crippen LogP contribution in [0.2, 0.25) is 0 Å². The summed E-state index contributed by atoms with van der Waals surface area (Å²) >= 11 is 1.27. The van der Waals surface area contributed by atoms with E-state index in [9.17, 15) is 4.79 Å². The SMILES string of the molecule is Cc1nscc1C(=O)Nc1ccc2c(c1)OCCO2. The maximum Gasteiger partial charge on any atom is 0.258 e. The van der Waals surface area contributed by atoms with Gasteiger partial charge in [-0.25, -0.2) is 0 Å². The van der Waals surface area contributed by atoms with Crippen molar-refractivity contribution in [3.05, 3.63) is 34.8 Å². The van der Waals surface area contributed by atoms with Gasteiger partial charge in [0.1, 0.15) is 13.2 Å². The lowest BCUT2D eigenvalue weighted by Crippen LogP contribution is -2.16. The number of carbonyl (C=O) groups is 1. The van der Waals surface area contributed by atoms with Crippen molar-refractivity contribution in [1.29, 1.82) is 0 Å². The fraction of sp³-hybridized carbons (Fsp3) is 0.231. The van der Waals surface area contributed by atoms with Crippen LogP contribution in [0.5, 0.6) is 11.5 Å². The molecule has 0 saturated carbocycles. The zero-order valence-corrected chi connectivity index (χ0v) is 11.1. The van der Waals surface area contributed by atoms with Crippen molar-refractivity contribution < 1.29 is 14.3 Å². The molecule has 6 heteroatoms. The topological polar surface area (TPSA) is 60.5 Å². The van der Waals surface area contributed by atoms with Gasteiger partial charge in [0.2, 0.25) is 0 Å². The number of rotatable bonds is 2. The van der Waals surface area contributed by atoms with Crippen LogP contribution in [0.25, 0.3) is 0 Å². The number of hydrogen-bond acceptors (Lipinski definition) is 5. The number of amides is 1. The summed E-state index contributed by atoms with van der Waals surface area (Å²) in [5.41, 5.74) is 2.01. The van der Waals surface area contributed by atoms with Gasteiger partial charge in [0.15, 0.2) is 11.5 Å². The number of benzene rings is 1. The van der Waals surface area contributed by atoms with Gasteiger partial charge in [-0.15, -0.1) is 0 Å². The van der Waals surface area contributed by atoms with Gasteiger partial charge in [0.25, 0.3) is 5.91 Å². The van der Waals surface area contributed by atoms with Crippen molar-refractivity contribution in [1.82, 2.24) is 4.37 Å². The van der Waals surface area contributed by atoms with Crippen molar-refractivity contribution in [3.8, 4) is 11.5 Å². The van der Waals surface area contributed by atoms with Crippen molar-refractivity contribution in [2.24, 2.45) is 0 Å². The summed E-state index contributed by atoms with van der Waals surface area (Å²) in [5, 5.41) is 4.57. The normalized spacial score (nSPS) is 13.1. The molecule has 0 aliphatic carbocycles. The number of nitrogens with one attached hydrogen (secondary N) is 1. The highest BCUT2D eigenvalue weighted by Gasteiger charge is 2.15. The molecular formula is C13H12N2O3S. The number of ether oxygens (including phenoxy) is 2. The minimum Gasteiger partial charge on any atom is -0.486 e. The Balaban J connectivity index is 1.80. The number of nitrogens with zero attached hydrogens (tertiary/aromatic N) is 1. The molecule has 1 aliphatic rings. The first-order chi connectivity index (χ1) is 9.24. The Morgan fingerprint density at radius 1 is 1.32 bits per heavy atom. The Morgan fingerprint density at radius 3 is 2.84 bits per heavy atom. The largest absolute Gasteiger partial charge is 0.486 e. The third-order valence-electron chi connectivity index (χ3n) is 2.79. The van der Waals surface area contributed by atoms with E-state index in [-0.39, 0.29) is 5.91 Å². The quantitative estimate of drug-likeness (QED) is 0.915. The molecule has 0 saturated heterocycles. The number of hydrogen-bond donors (Lipinski definition) is 1. The lowest BCUT2D eigenvalue weighted by molar-refractivity contribution is 0.102. The predicted octanol–water partition coefficient (Wildman–Crippen LogP) is 2.48. The van der Waals surface area contributed by atoms with Crippen LogP contribution in [0, 0.1) is 6.92 Å². The average molecular weight is 276 g/mol. The molecule has 0 atom stereocenters. The van der Waals surface area contributed by atoms with Crippen LogP contribution >= 0.6 is 11.5 Å². The predicted molar refractivity (Wildman–Crippen MR) is 72.2 cm³/mol. The Labute approximate surface area is 114 Å². The molecule has 98 valence electrons. The second-order valence-corrected chi connectivity index (χ2v) is 4.76. The molecule has 1 N–H and O–H groups in total. The smallest absolute Gasteiger partial charge is 0.258 e. The van der Waals surface area contributed by atoms with E-state index in [1.807, 2.05) is 6.92 Å². The zero-order valence-electron chi connectivity index (χ0n) is 10.3. The van der Waals surface area contributed by atoms with Crippen LogP contribution in [-0.2, 0) is 0 Å². The van der Waals surface area contributed by atoms with Gasteiger partial charge in [0, 0.05) is 17.1 Å². The minimum absolute atomic E-state index is 0.164. The molecule has 0 bridgehead atoms. The Hall–Kier alpha value is -2.08. The van der Waals surface area contributed by atoms with Crippen LogP contribution in [0.15, 0.2) is 23.6 Å². The van der Waals surface area contributed by atoms with Gasteiger partial charge in [-0.3, -0.25) is 4.79 Å². The van der Waals surface area contributed by atoms with E-state index >= 15 is 0 Å². The van der Waals surface area contributed by atoms with Gasteiger partial charge in [-0.2, -0.15) is 4.37 Å². The molecule has 0 unspecified atom stereocenters. The van der Waals surface area contributed by atoms with E-state index in [0.717, 1.165) is 5.69 Å². The summed E-state index contributed by atoms with van der Waals surface area (Å²) in [6.07, 6.45) is 0. The maximum absolute atomic E-state index is 12.0.